The van der Waals surface area contributed by atoms with Gasteiger partial charge in [0, 0.05) is 0 Å². The van der Waals surface area contributed by atoms with E-state index < -0.39 is 11.8 Å². The van der Waals surface area contributed by atoms with Crippen molar-refractivity contribution in [3.05, 3.63) is 0 Å². The molecule has 0 fully saturated rings. The van der Waals surface area contributed by atoms with Crippen LogP contribution in [0.25, 0.3) is 0 Å². The summed E-state index contributed by atoms with van der Waals surface area (Å²) < 4.78 is 5.09. The summed E-state index contributed by atoms with van der Waals surface area (Å²) in [6, 6.07) is -0.0102. The van der Waals surface area contributed by atoms with Gasteiger partial charge in [-0.05, 0) is 6.92 Å². The van der Waals surface area contributed by atoms with Gasteiger partial charge in [0.2, 0.25) is 23.7 Å². The molecule has 0 spiro atoms. The zero-order chi connectivity index (χ0) is 14.4. The van der Waals surface area contributed by atoms with Crippen LogP contribution in [0.2, 0.25) is 0 Å². The average Bonchev–Trinajstić information content (AvgIpc) is 2.26. The molecule has 0 saturated carbocycles. The highest BCUT2D eigenvalue weighted by Gasteiger charge is 2.17. The number of amides is 2. The summed E-state index contributed by atoms with van der Waals surface area (Å²) in [4.78, 5) is 34.6. The molecule has 0 bridgehead atoms. The average molecular weight is 269 g/mol. The van der Waals surface area contributed by atoms with Crippen molar-refractivity contribution in [1.82, 2.24) is 15.0 Å². The molecule has 0 saturated heterocycles. The molecule has 10 nitrogen and oxygen atoms in total. The molecule has 1 aromatic heterocycles. The molecule has 104 valence electrons. The standard InChI is InChI=1S/C9H15N7O3/c1-2-19-9-14-7(12)13-8(15-9)16(3-5(10)17)4-6(11)18/h2-4H2,1H3,(H2,10,17)(H2,11,18)(H2,12,13,14,15). The smallest absolute Gasteiger partial charge is 0.323 e. The van der Waals surface area contributed by atoms with E-state index >= 15 is 0 Å². The Morgan fingerprint density at radius 1 is 1.16 bits per heavy atom. The minimum absolute atomic E-state index is 0.00597. The summed E-state index contributed by atoms with van der Waals surface area (Å²) >= 11 is 0. The number of rotatable bonds is 7. The van der Waals surface area contributed by atoms with Crippen LogP contribution in [0.5, 0.6) is 6.01 Å². The fourth-order valence-electron chi connectivity index (χ4n) is 1.27. The first-order valence-electron chi connectivity index (χ1n) is 5.38. The Labute approximate surface area is 108 Å². The van der Waals surface area contributed by atoms with Gasteiger partial charge in [-0.3, -0.25) is 9.59 Å². The fraction of sp³-hybridized carbons (Fsp3) is 0.444. The number of primary amides is 2. The highest BCUT2D eigenvalue weighted by molar-refractivity contribution is 5.83. The number of nitrogens with two attached hydrogens (primary N) is 3. The van der Waals surface area contributed by atoms with E-state index in [1.807, 2.05) is 0 Å². The lowest BCUT2D eigenvalue weighted by Crippen LogP contribution is -2.40. The summed E-state index contributed by atoms with van der Waals surface area (Å²) in [5, 5.41) is 0. The quantitative estimate of drug-likeness (QED) is 0.494. The number of carbonyl (C=O) groups excluding carboxylic acids is 2. The molecule has 0 atom stereocenters. The first kappa shape index (κ1) is 14.4. The van der Waals surface area contributed by atoms with Crippen molar-refractivity contribution in [1.29, 1.82) is 0 Å². The molecule has 1 aromatic rings. The van der Waals surface area contributed by atoms with Crippen LogP contribution in [0.3, 0.4) is 0 Å². The Bertz CT molecular complexity index is 463. The van der Waals surface area contributed by atoms with Crippen molar-refractivity contribution in [3.63, 3.8) is 0 Å². The number of nitrogens with zero attached hydrogens (tertiary/aromatic N) is 4. The molecule has 0 unspecified atom stereocenters. The van der Waals surface area contributed by atoms with Crippen molar-refractivity contribution in [2.75, 3.05) is 30.3 Å². The normalized spacial score (nSPS) is 9.95. The third-order valence-electron chi connectivity index (χ3n) is 1.87. The zero-order valence-electron chi connectivity index (χ0n) is 10.4. The summed E-state index contributed by atoms with van der Waals surface area (Å²) in [7, 11) is 0. The number of carbonyl (C=O) groups is 2. The molecule has 0 aliphatic carbocycles. The highest BCUT2D eigenvalue weighted by Crippen LogP contribution is 2.13. The van der Waals surface area contributed by atoms with Gasteiger partial charge in [-0.15, -0.1) is 0 Å². The van der Waals surface area contributed by atoms with Gasteiger partial charge in [-0.2, -0.15) is 15.0 Å². The number of anilines is 2. The molecule has 0 aliphatic rings. The van der Waals surface area contributed by atoms with Crippen molar-refractivity contribution in [3.8, 4) is 6.01 Å². The van der Waals surface area contributed by atoms with Crippen LogP contribution < -0.4 is 26.8 Å². The third kappa shape index (κ3) is 4.61. The fourth-order valence-corrected chi connectivity index (χ4v) is 1.27. The highest BCUT2D eigenvalue weighted by atomic mass is 16.5. The Hall–Kier alpha value is -2.65. The maximum atomic E-state index is 11.0. The Morgan fingerprint density at radius 3 is 2.21 bits per heavy atom. The monoisotopic (exact) mass is 269 g/mol. The van der Waals surface area contributed by atoms with Gasteiger partial charge in [-0.25, -0.2) is 0 Å². The van der Waals surface area contributed by atoms with Gasteiger partial charge in [0.25, 0.3) is 0 Å². The number of aromatic nitrogens is 3. The van der Waals surface area contributed by atoms with Crippen LogP contribution in [0.15, 0.2) is 0 Å². The molecular weight excluding hydrogens is 254 g/mol. The van der Waals surface area contributed by atoms with E-state index in [1.54, 1.807) is 6.92 Å². The summed E-state index contributed by atoms with van der Waals surface area (Å²) in [6.07, 6.45) is 0. The maximum Gasteiger partial charge on any atom is 0.323 e. The van der Waals surface area contributed by atoms with Crippen molar-refractivity contribution in [2.24, 2.45) is 11.5 Å². The van der Waals surface area contributed by atoms with E-state index in [1.165, 1.54) is 4.90 Å². The molecule has 19 heavy (non-hydrogen) atoms. The molecular formula is C9H15N7O3. The maximum absolute atomic E-state index is 11.0. The van der Waals surface area contributed by atoms with Crippen LogP contribution in [-0.2, 0) is 9.59 Å². The summed E-state index contributed by atoms with van der Waals surface area (Å²) in [6.45, 7) is 1.51. The van der Waals surface area contributed by atoms with Crippen molar-refractivity contribution < 1.29 is 14.3 Å². The third-order valence-corrected chi connectivity index (χ3v) is 1.87. The van der Waals surface area contributed by atoms with E-state index in [4.69, 9.17) is 21.9 Å². The molecule has 10 heteroatoms. The van der Waals surface area contributed by atoms with Gasteiger partial charge in [0.05, 0.1) is 6.61 Å². The van der Waals surface area contributed by atoms with Gasteiger partial charge >= 0.3 is 6.01 Å². The topological polar surface area (TPSA) is 163 Å². The van der Waals surface area contributed by atoms with E-state index in [9.17, 15) is 9.59 Å². The molecule has 1 heterocycles. The lowest BCUT2D eigenvalue weighted by atomic mass is 10.4. The van der Waals surface area contributed by atoms with Crippen LogP contribution in [0.1, 0.15) is 6.92 Å². The number of ether oxygens (including phenoxy) is 1. The first-order chi connectivity index (χ1) is 8.92. The van der Waals surface area contributed by atoms with Crippen LogP contribution >= 0.6 is 0 Å². The molecule has 6 N–H and O–H groups in total. The van der Waals surface area contributed by atoms with Crippen LogP contribution in [0.4, 0.5) is 11.9 Å². The molecule has 0 aromatic carbocycles. The van der Waals surface area contributed by atoms with E-state index in [0.29, 0.717) is 6.61 Å². The molecule has 0 radical (unpaired) electrons. The minimum Gasteiger partial charge on any atom is -0.464 e. The van der Waals surface area contributed by atoms with Gasteiger partial charge in [0.1, 0.15) is 13.1 Å². The van der Waals surface area contributed by atoms with Gasteiger partial charge in [-0.1, -0.05) is 0 Å². The molecule has 0 aliphatic heterocycles. The SMILES string of the molecule is CCOc1nc(N)nc(N(CC(N)=O)CC(N)=O)n1. The molecule has 1 rings (SSSR count). The lowest BCUT2D eigenvalue weighted by molar-refractivity contribution is -0.117. The Balaban J connectivity index is 3.05. The van der Waals surface area contributed by atoms with Crippen LogP contribution in [0, 0.1) is 0 Å². The number of hydrogen-bond acceptors (Lipinski definition) is 8. The van der Waals surface area contributed by atoms with E-state index in [0.717, 1.165) is 0 Å². The predicted octanol–water partition coefficient (Wildman–Crippen LogP) is -2.37. The summed E-state index contributed by atoms with van der Waals surface area (Å²) in [5.74, 6) is -1.45. The second-order valence-corrected chi connectivity index (χ2v) is 3.50. The zero-order valence-corrected chi connectivity index (χ0v) is 10.4. The second-order valence-electron chi connectivity index (χ2n) is 3.50. The lowest BCUT2D eigenvalue weighted by Gasteiger charge is -2.19. The van der Waals surface area contributed by atoms with Crippen LogP contribution in [-0.4, -0.2) is 46.5 Å². The van der Waals surface area contributed by atoms with Crippen molar-refractivity contribution in [2.45, 2.75) is 6.92 Å². The largest absolute Gasteiger partial charge is 0.464 e. The second kappa shape index (κ2) is 6.33. The Morgan fingerprint density at radius 2 is 1.74 bits per heavy atom. The minimum atomic E-state index is -0.668. The van der Waals surface area contributed by atoms with E-state index in [2.05, 4.69) is 15.0 Å². The summed E-state index contributed by atoms with van der Waals surface area (Å²) in [5.41, 5.74) is 15.6. The first-order valence-corrected chi connectivity index (χ1v) is 5.38. The Kier molecular flexibility index (Phi) is 4.80. The van der Waals surface area contributed by atoms with Gasteiger partial charge < -0.3 is 26.8 Å². The number of nitrogen functional groups attached to an aromatic ring is 1. The predicted molar refractivity (Wildman–Crippen MR) is 66.0 cm³/mol. The molecule has 2 amide bonds. The van der Waals surface area contributed by atoms with E-state index in [-0.39, 0.29) is 31.0 Å². The van der Waals surface area contributed by atoms with Gasteiger partial charge in [0.15, 0.2) is 0 Å². The van der Waals surface area contributed by atoms with Crippen molar-refractivity contribution >= 4 is 23.7 Å². The number of hydrogen-bond donors (Lipinski definition) is 3.